The summed E-state index contributed by atoms with van der Waals surface area (Å²) in [4.78, 5) is 46.2. The second-order valence-electron chi connectivity index (χ2n) is 14.3. The number of carbonyl (C=O) groups excluding carboxylic acids is 2. The maximum absolute atomic E-state index is 13.2. The van der Waals surface area contributed by atoms with Crippen molar-refractivity contribution in [3.63, 3.8) is 0 Å². The van der Waals surface area contributed by atoms with Gasteiger partial charge in [0.05, 0.1) is 41.0 Å². The Morgan fingerprint density at radius 2 is 1.90 bits per heavy atom. The molecule has 6 rings (SSSR count). The molecule has 5 aromatic rings. The van der Waals surface area contributed by atoms with Crippen LogP contribution in [0.1, 0.15) is 83.4 Å². The molecule has 0 saturated carbocycles. The summed E-state index contributed by atoms with van der Waals surface area (Å²) in [5.74, 6) is 1.85. The lowest BCUT2D eigenvalue weighted by Gasteiger charge is -2.28. The zero-order valence-electron chi connectivity index (χ0n) is 30.0. The van der Waals surface area contributed by atoms with Gasteiger partial charge < -0.3 is 35.9 Å². The number of nitrogens with zero attached hydrogens (tertiary/aromatic N) is 3. The van der Waals surface area contributed by atoms with Gasteiger partial charge in [-0.25, -0.2) is 14.8 Å². The third kappa shape index (κ3) is 7.81. The number of methoxy groups -OCH3 is 1. The molecule has 4 atom stereocenters. The number of aromatic amines is 2. The molecule has 1 fully saturated rings. The highest BCUT2D eigenvalue weighted by Crippen LogP contribution is 2.38. The second-order valence-corrected chi connectivity index (χ2v) is 15.3. The minimum Gasteiger partial charge on any atom is -0.453 e. The van der Waals surface area contributed by atoms with Gasteiger partial charge in [0.2, 0.25) is 5.91 Å². The molecule has 4 heterocycles. The number of hydrogen-bond donors (Lipinski definition) is 6. The van der Waals surface area contributed by atoms with E-state index in [1.54, 1.807) is 11.3 Å². The molecule has 7 N–H and O–H groups in total. The Morgan fingerprint density at radius 3 is 2.63 bits per heavy atom. The summed E-state index contributed by atoms with van der Waals surface area (Å²) < 4.78 is 4.89. The molecule has 1 aliphatic heterocycles. The standard InChI is InChI=1S/C38H50N8O4S/c1-21(2)28(43-38(48)50-5)19-25(8-6-16-39)35-41-27-13-11-23-18-24(10-12-26(23)34(27)44-35)31-14-15-32(51-31)29-20-40-36(42-29)30-9-7-17-46(30)37(47)33(45-49)22(3)4/h10-15,18,20-22,25,28,30,33,45,49H,6-9,16-17,19,39H2,1-5H3,(H,40,42)(H,41,44)(H,43,48)/t25?,28-,30+,33+/m1/s1. The fraction of sp³-hybridized carbons (Fsp3) is 0.474. The Morgan fingerprint density at radius 1 is 1.10 bits per heavy atom. The van der Waals surface area contributed by atoms with Gasteiger partial charge in [0.25, 0.3) is 0 Å². The lowest BCUT2D eigenvalue weighted by atomic mass is 9.89. The second kappa shape index (κ2) is 15.9. The molecular weight excluding hydrogens is 665 g/mol. The number of rotatable bonds is 14. The van der Waals surface area contributed by atoms with E-state index in [0.29, 0.717) is 13.1 Å². The molecule has 0 aliphatic carbocycles. The highest BCUT2D eigenvalue weighted by atomic mass is 32.1. The van der Waals surface area contributed by atoms with E-state index in [-0.39, 0.29) is 35.7 Å². The van der Waals surface area contributed by atoms with E-state index >= 15 is 0 Å². The predicted octanol–water partition coefficient (Wildman–Crippen LogP) is 7.09. The number of amides is 2. The number of aromatic nitrogens is 4. The first-order valence-electron chi connectivity index (χ1n) is 17.9. The van der Waals surface area contributed by atoms with Crippen molar-refractivity contribution in [1.29, 1.82) is 0 Å². The van der Waals surface area contributed by atoms with Crippen LogP contribution in [-0.4, -0.2) is 74.3 Å². The highest BCUT2D eigenvalue weighted by Gasteiger charge is 2.36. The zero-order chi connectivity index (χ0) is 36.2. The van der Waals surface area contributed by atoms with E-state index in [4.69, 9.17) is 20.4 Å². The molecule has 3 aromatic heterocycles. The Labute approximate surface area is 302 Å². The number of fused-ring (bicyclic) bond motifs is 3. The van der Waals surface area contributed by atoms with Crippen molar-refractivity contribution < 1.29 is 19.5 Å². The minimum absolute atomic E-state index is 0.0389. The van der Waals surface area contributed by atoms with Crippen LogP contribution in [0, 0.1) is 11.8 Å². The maximum atomic E-state index is 13.2. The zero-order valence-corrected chi connectivity index (χ0v) is 30.8. The first-order chi connectivity index (χ1) is 24.6. The summed E-state index contributed by atoms with van der Waals surface area (Å²) in [6, 6.07) is 14.1. The van der Waals surface area contributed by atoms with Crippen LogP contribution in [0.3, 0.4) is 0 Å². The van der Waals surface area contributed by atoms with Gasteiger partial charge in [-0.2, -0.15) is 5.48 Å². The van der Waals surface area contributed by atoms with E-state index in [9.17, 15) is 14.8 Å². The number of benzene rings is 2. The van der Waals surface area contributed by atoms with Gasteiger partial charge in [-0.1, -0.05) is 45.9 Å². The number of likely N-dealkylation sites (tertiary alicyclic amines) is 1. The maximum Gasteiger partial charge on any atom is 0.407 e. The van der Waals surface area contributed by atoms with Crippen LogP contribution in [0.15, 0.2) is 48.7 Å². The molecule has 13 heteroatoms. The first-order valence-corrected chi connectivity index (χ1v) is 18.8. The van der Waals surface area contributed by atoms with E-state index in [0.717, 1.165) is 86.6 Å². The van der Waals surface area contributed by atoms with E-state index < -0.39 is 12.1 Å². The van der Waals surface area contributed by atoms with Crippen molar-refractivity contribution in [2.24, 2.45) is 17.6 Å². The average molecular weight is 715 g/mol. The predicted molar refractivity (Wildman–Crippen MR) is 202 cm³/mol. The quantitative estimate of drug-likeness (QED) is 0.0661. The normalized spacial score (nSPS) is 16.7. The lowest BCUT2D eigenvalue weighted by Crippen LogP contribution is -2.48. The fourth-order valence-electron chi connectivity index (χ4n) is 7.16. The number of alkyl carbamates (subject to hydrolysis) is 1. The summed E-state index contributed by atoms with van der Waals surface area (Å²) in [6.45, 7) is 9.26. The molecule has 1 aliphatic rings. The van der Waals surface area contributed by atoms with Crippen molar-refractivity contribution in [2.75, 3.05) is 20.2 Å². The number of thiophene rings is 1. The fourth-order valence-corrected chi connectivity index (χ4v) is 8.13. The number of nitrogens with two attached hydrogens (primary N) is 1. The van der Waals surface area contributed by atoms with Crippen LogP contribution in [-0.2, 0) is 9.53 Å². The number of carbonyl (C=O) groups is 2. The van der Waals surface area contributed by atoms with Gasteiger partial charge in [0, 0.05) is 28.8 Å². The Hall–Kier alpha value is -4.30. The van der Waals surface area contributed by atoms with Crippen LogP contribution in [0.5, 0.6) is 0 Å². The van der Waals surface area contributed by atoms with Crippen molar-refractivity contribution in [3.8, 4) is 21.0 Å². The number of ether oxygens (including phenoxy) is 1. The summed E-state index contributed by atoms with van der Waals surface area (Å²) >= 11 is 1.69. The Bertz CT molecular complexity index is 1970. The third-order valence-electron chi connectivity index (χ3n) is 10.1. The number of nitrogens with one attached hydrogen (secondary N) is 4. The molecule has 0 radical (unpaired) electrons. The largest absolute Gasteiger partial charge is 0.453 e. The molecule has 1 saturated heterocycles. The topological polar surface area (TPSA) is 174 Å². The van der Waals surface area contributed by atoms with Crippen molar-refractivity contribution in [2.45, 2.75) is 83.8 Å². The number of H-pyrrole nitrogens is 2. The highest BCUT2D eigenvalue weighted by molar-refractivity contribution is 7.18. The third-order valence-corrected chi connectivity index (χ3v) is 11.3. The monoisotopic (exact) mass is 714 g/mol. The van der Waals surface area contributed by atoms with Gasteiger partial charge in [-0.15, -0.1) is 11.3 Å². The minimum atomic E-state index is -0.648. The molecule has 12 nitrogen and oxygen atoms in total. The summed E-state index contributed by atoms with van der Waals surface area (Å²) in [5.41, 5.74) is 12.1. The van der Waals surface area contributed by atoms with Crippen LogP contribution in [0.25, 0.3) is 42.8 Å². The molecule has 2 aromatic carbocycles. The van der Waals surface area contributed by atoms with E-state index in [1.165, 1.54) is 7.11 Å². The summed E-state index contributed by atoms with van der Waals surface area (Å²) in [5, 5.41) is 14.8. The molecule has 0 spiro atoms. The smallest absolute Gasteiger partial charge is 0.407 e. The number of hydroxylamine groups is 1. The van der Waals surface area contributed by atoms with Gasteiger partial charge >= 0.3 is 6.09 Å². The van der Waals surface area contributed by atoms with Crippen molar-refractivity contribution in [3.05, 3.63) is 60.3 Å². The SMILES string of the molecule is COC(=O)N[C@H](CC(CCCN)c1nc2c(ccc3cc(-c4ccc(-c5cnc([C@@H]6CCCN6C(=O)[C@@H](NO)C(C)C)[nH]5)s4)ccc32)[nH]1)C(C)C. The van der Waals surface area contributed by atoms with Gasteiger partial charge in [-0.05, 0) is 85.7 Å². The Balaban J connectivity index is 1.22. The molecule has 2 amide bonds. The first kappa shape index (κ1) is 36.5. The molecule has 272 valence electrons. The van der Waals surface area contributed by atoms with Crippen LogP contribution in [0.4, 0.5) is 4.79 Å². The number of imidazole rings is 2. The molecule has 0 bridgehead atoms. The van der Waals surface area contributed by atoms with Crippen molar-refractivity contribution >= 4 is 45.1 Å². The molecule has 1 unspecified atom stereocenters. The van der Waals surface area contributed by atoms with E-state index in [1.807, 2.05) is 24.9 Å². The van der Waals surface area contributed by atoms with Crippen LogP contribution >= 0.6 is 11.3 Å². The van der Waals surface area contributed by atoms with Gasteiger partial charge in [0.15, 0.2) is 0 Å². The average Bonchev–Trinajstić information content (AvgIpc) is 3.95. The summed E-state index contributed by atoms with van der Waals surface area (Å²) in [7, 11) is 1.39. The lowest BCUT2D eigenvalue weighted by molar-refractivity contribution is -0.138. The Kier molecular flexibility index (Phi) is 11.4. The van der Waals surface area contributed by atoms with Crippen LogP contribution in [0.2, 0.25) is 0 Å². The van der Waals surface area contributed by atoms with Gasteiger partial charge in [0.1, 0.15) is 17.7 Å². The van der Waals surface area contributed by atoms with Crippen LogP contribution < -0.4 is 16.5 Å². The molecular formula is C38H50N8O4S. The van der Waals surface area contributed by atoms with E-state index in [2.05, 4.69) is 77.1 Å². The van der Waals surface area contributed by atoms with Gasteiger partial charge in [-0.3, -0.25) is 4.79 Å². The van der Waals surface area contributed by atoms with Crippen molar-refractivity contribution in [1.82, 2.24) is 35.6 Å². The number of hydrogen-bond acceptors (Lipinski definition) is 9. The molecule has 51 heavy (non-hydrogen) atoms. The summed E-state index contributed by atoms with van der Waals surface area (Å²) in [6.07, 6.45) is 5.58.